The molecule has 5 nitrogen and oxygen atoms in total. The predicted molar refractivity (Wildman–Crippen MR) is 95.2 cm³/mol. The Kier molecular flexibility index (Phi) is 4.56. The molecule has 0 radical (unpaired) electrons. The molecule has 0 aromatic carbocycles. The van der Waals surface area contributed by atoms with E-state index in [0.29, 0.717) is 5.88 Å². The lowest BCUT2D eigenvalue weighted by Gasteiger charge is -2.20. The predicted octanol–water partition coefficient (Wildman–Crippen LogP) is 3.84. The smallest absolute Gasteiger partial charge is 0.214 e. The van der Waals surface area contributed by atoms with Gasteiger partial charge in [0.05, 0.1) is 17.6 Å². The van der Waals surface area contributed by atoms with Crippen LogP contribution in [-0.2, 0) is 19.4 Å². The van der Waals surface area contributed by atoms with Crippen LogP contribution in [0.1, 0.15) is 35.5 Å². The zero-order chi connectivity index (χ0) is 17.9. The maximum Gasteiger partial charge on any atom is 0.214 e. The fourth-order valence-corrected chi connectivity index (χ4v) is 3.24. The van der Waals surface area contributed by atoms with Crippen molar-refractivity contribution in [2.75, 3.05) is 0 Å². The molecule has 4 rings (SSSR count). The van der Waals surface area contributed by atoms with Crippen molar-refractivity contribution in [2.45, 2.75) is 39.2 Å². The van der Waals surface area contributed by atoms with Crippen LogP contribution in [0, 0.1) is 12.7 Å². The van der Waals surface area contributed by atoms with E-state index >= 15 is 0 Å². The zero-order valence-electron chi connectivity index (χ0n) is 14.6. The minimum absolute atomic E-state index is 0.0391. The molecule has 6 heteroatoms. The fraction of sp³-hybridized carbons (Fsp3) is 0.300. The number of fused-ring (bicyclic) bond motifs is 1. The van der Waals surface area contributed by atoms with Gasteiger partial charge in [-0.1, -0.05) is 0 Å². The highest BCUT2D eigenvalue weighted by molar-refractivity contribution is 5.65. The number of ether oxygens (including phenoxy) is 1. The summed E-state index contributed by atoms with van der Waals surface area (Å²) in [7, 11) is 0. The summed E-state index contributed by atoms with van der Waals surface area (Å²) in [6.07, 6.45) is 9.18. The number of pyridine rings is 2. The Morgan fingerprint density at radius 2 is 2.04 bits per heavy atom. The summed E-state index contributed by atoms with van der Waals surface area (Å²) in [5.41, 5.74) is 5.20. The molecule has 0 saturated heterocycles. The molecule has 132 valence electrons. The quantitative estimate of drug-likeness (QED) is 0.715. The van der Waals surface area contributed by atoms with Crippen LogP contribution in [0.25, 0.3) is 11.3 Å². The van der Waals surface area contributed by atoms with Gasteiger partial charge in [0.1, 0.15) is 18.1 Å². The van der Waals surface area contributed by atoms with Gasteiger partial charge in [0, 0.05) is 29.7 Å². The van der Waals surface area contributed by atoms with Gasteiger partial charge in [0.15, 0.2) is 0 Å². The first-order valence-corrected chi connectivity index (χ1v) is 8.75. The summed E-state index contributed by atoms with van der Waals surface area (Å²) >= 11 is 0. The van der Waals surface area contributed by atoms with Crippen LogP contribution in [0.3, 0.4) is 0 Å². The minimum Gasteiger partial charge on any atom is -0.471 e. The van der Waals surface area contributed by atoms with Crippen LogP contribution in [0.4, 0.5) is 4.39 Å². The van der Waals surface area contributed by atoms with E-state index in [-0.39, 0.29) is 18.1 Å². The van der Waals surface area contributed by atoms with Crippen LogP contribution in [0.15, 0.2) is 36.8 Å². The van der Waals surface area contributed by atoms with Crippen molar-refractivity contribution >= 4 is 0 Å². The van der Waals surface area contributed by atoms with Gasteiger partial charge in [-0.15, -0.1) is 0 Å². The number of nitrogens with zero attached hydrogens (tertiary/aromatic N) is 4. The number of halogens is 1. The number of hydrogen-bond donors (Lipinski definition) is 0. The van der Waals surface area contributed by atoms with Gasteiger partial charge >= 0.3 is 0 Å². The Labute approximate surface area is 151 Å². The van der Waals surface area contributed by atoms with Gasteiger partial charge in [-0.25, -0.2) is 14.4 Å². The van der Waals surface area contributed by atoms with Gasteiger partial charge in [-0.05, 0) is 50.3 Å². The number of aryl methyl sites for hydroxylation is 2. The fourth-order valence-electron chi connectivity index (χ4n) is 3.24. The van der Waals surface area contributed by atoms with Crippen LogP contribution in [-0.4, -0.2) is 19.9 Å². The van der Waals surface area contributed by atoms with E-state index in [2.05, 4.69) is 19.9 Å². The first-order chi connectivity index (χ1) is 12.7. The van der Waals surface area contributed by atoms with Gasteiger partial charge in [-0.2, -0.15) is 0 Å². The van der Waals surface area contributed by atoms with Gasteiger partial charge in [0.25, 0.3) is 0 Å². The third-order valence-corrected chi connectivity index (χ3v) is 4.50. The highest BCUT2D eigenvalue weighted by atomic mass is 19.1. The van der Waals surface area contributed by atoms with E-state index in [0.717, 1.165) is 48.3 Å². The zero-order valence-corrected chi connectivity index (χ0v) is 14.6. The number of hydrogen-bond acceptors (Lipinski definition) is 5. The van der Waals surface area contributed by atoms with Crippen molar-refractivity contribution in [3.05, 3.63) is 65.3 Å². The second-order valence-electron chi connectivity index (χ2n) is 6.41. The molecular weight excluding hydrogens is 331 g/mol. The van der Waals surface area contributed by atoms with Gasteiger partial charge in [-0.3, -0.25) is 9.97 Å². The van der Waals surface area contributed by atoms with Gasteiger partial charge in [0.2, 0.25) is 5.88 Å². The Bertz CT molecular complexity index is 945. The lowest BCUT2D eigenvalue weighted by Crippen LogP contribution is -2.10. The Morgan fingerprint density at radius 3 is 2.88 bits per heavy atom. The summed E-state index contributed by atoms with van der Waals surface area (Å²) in [6, 6.07) is 4.82. The van der Waals surface area contributed by atoms with Crippen molar-refractivity contribution in [3.63, 3.8) is 0 Å². The van der Waals surface area contributed by atoms with E-state index < -0.39 is 0 Å². The molecule has 0 amide bonds. The summed E-state index contributed by atoms with van der Waals surface area (Å²) in [5, 5.41) is 0. The Morgan fingerprint density at radius 1 is 1.15 bits per heavy atom. The van der Waals surface area contributed by atoms with E-state index in [9.17, 15) is 4.39 Å². The van der Waals surface area contributed by atoms with Crippen molar-refractivity contribution in [2.24, 2.45) is 0 Å². The highest BCUT2D eigenvalue weighted by Crippen LogP contribution is 2.32. The lowest BCUT2D eigenvalue weighted by molar-refractivity contribution is 0.281. The molecule has 3 aromatic rings. The van der Waals surface area contributed by atoms with Crippen LogP contribution in [0.2, 0.25) is 0 Å². The number of rotatable bonds is 4. The Balaban J connectivity index is 1.70. The number of aromatic nitrogens is 4. The van der Waals surface area contributed by atoms with E-state index in [1.165, 1.54) is 11.6 Å². The SMILES string of the molecule is Cc1cncc(-c2cc(OCc3ncccc3F)nc3c2CCCC3)n1. The largest absolute Gasteiger partial charge is 0.471 e. The van der Waals surface area contributed by atoms with Crippen LogP contribution in [0.5, 0.6) is 5.88 Å². The summed E-state index contributed by atoms with van der Waals surface area (Å²) in [4.78, 5) is 17.5. The topological polar surface area (TPSA) is 60.8 Å². The second kappa shape index (κ2) is 7.15. The summed E-state index contributed by atoms with van der Waals surface area (Å²) in [6.45, 7) is 1.96. The third-order valence-electron chi connectivity index (χ3n) is 4.50. The minimum atomic E-state index is -0.379. The Hall–Kier alpha value is -2.89. The molecule has 0 unspecified atom stereocenters. The molecule has 1 aliphatic carbocycles. The molecule has 1 aliphatic rings. The summed E-state index contributed by atoms with van der Waals surface area (Å²) < 4.78 is 19.5. The second-order valence-corrected chi connectivity index (χ2v) is 6.41. The molecule has 0 N–H and O–H groups in total. The van der Waals surface area contributed by atoms with Crippen molar-refractivity contribution in [1.29, 1.82) is 0 Å². The van der Waals surface area contributed by atoms with Crippen LogP contribution < -0.4 is 4.74 Å². The molecule has 0 fully saturated rings. The molecule has 26 heavy (non-hydrogen) atoms. The normalized spacial score (nSPS) is 13.3. The van der Waals surface area contributed by atoms with E-state index in [1.807, 2.05) is 13.0 Å². The lowest BCUT2D eigenvalue weighted by atomic mass is 9.91. The van der Waals surface area contributed by atoms with E-state index in [4.69, 9.17) is 4.74 Å². The van der Waals surface area contributed by atoms with Crippen molar-refractivity contribution in [1.82, 2.24) is 19.9 Å². The molecule has 0 saturated carbocycles. The standard InChI is InChI=1S/C20H19FN4O/c1-13-10-22-11-18(24-13)15-9-20(25-17-7-3-2-5-14(15)17)26-12-19-16(21)6-4-8-23-19/h4,6,8-11H,2-3,5,7,12H2,1H3. The molecule has 3 heterocycles. The van der Waals surface area contributed by atoms with Gasteiger partial charge < -0.3 is 4.74 Å². The van der Waals surface area contributed by atoms with Crippen LogP contribution >= 0.6 is 0 Å². The summed E-state index contributed by atoms with van der Waals surface area (Å²) in [5.74, 6) is 0.0873. The monoisotopic (exact) mass is 350 g/mol. The van der Waals surface area contributed by atoms with E-state index in [1.54, 1.807) is 24.7 Å². The molecular formula is C20H19FN4O. The van der Waals surface area contributed by atoms with Crippen molar-refractivity contribution in [3.8, 4) is 17.1 Å². The molecule has 0 atom stereocenters. The molecule has 0 aliphatic heterocycles. The first kappa shape index (κ1) is 16.6. The molecule has 0 bridgehead atoms. The maximum absolute atomic E-state index is 13.8. The molecule has 3 aromatic heterocycles. The van der Waals surface area contributed by atoms with Crippen molar-refractivity contribution < 1.29 is 9.13 Å². The average molecular weight is 350 g/mol. The molecule has 0 spiro atoms. The highest BCUT2D eigenvalue weighted by Gasteiger charge is 2.19. The average Bonchev–Trinajstić information content (AvgIpc) is 2.67. The maximum atomic E-state index is 13.8. The third kappa shape index (κ3) is 3.40. The first-order valence-electron chi connectivity index (χ1n) is 8.75.